The molecular formula is C11H22N2. The van der Waals surface area contributed by atoms with Crippen molar-refractivity contribution < 1.29 is 0 Å². The van der Waals surface area contributed by atoms with Gasteiger partial charge in [-0.3, -0.25) is 0 Å². The number of rotatable bonds is 8. The molecule has 0 aliphatic carbocycles. The van der Waals surface area contributed by atoms with E-state index in [1.807, 2.05) is 6.08 Å². The van der Waals surface area contributed by atoms with E-state index in [1.165, 1.54) is 6.42 Å². The third-order valence-electron chi connectivity index (χ3n) is 1.99. The molecule has 1 unspecified atom stereocenters. The molecule has 0 aromatic heterocycles. The second kappa shape index (κ2) is 9.53. The van der Waals surface area contributed by atoms with Gasteiger partial charge in [0.25, 0.3) is 0 Å². The quantitative estimate of drug-likeness (QED) is 0.562. The number of nitrogens with two attached hydrogens (primary N) is 1. The van der Waals surface area contributed by atoms with Crippen LogP contribution < -0.4 is 11.1 Å². The lowest BCUT2D eigenvalue weighted by Gasteiger charge is -2.15. The zero-order valence-electron chi connectivity index (χ0n) is 8.68. The van der Waals surface area contributed by atoms with Gasteiger partial charge in [0.1, 0.15) is 0 Å². The zero-order chi connectivity index (χ0) is 9.94. The van der Waals surface area contributed by atoms with Crippen LogP contribution in [-0.2, 0) is 0 Å². The van der Waals surface area contributed by atoms with Crippen molar-refractivity contribution in [1.29, 1.82) is 0 Å². The van der Waals surface area contributed by atoms with Gasteiger partial charge in [-0.05, 0) is 44.8 Å². The second-order valence-corrected chi connectivity index (χ2v) is 3.23. The maximum Gasteiger partial charge on any atom is 0.0108 e. The summed E-state index contributed by atoms with van der Waals surface area (Å²) in [4.78, 5) is 0. The van der Waals surface area contributed by atoms with Gasteiger partial charge >= 0.3 is 0 Å². The van der Waals surface area contributed by atoms with E-state index in [0.29, 0.717) is 6.04 Å². The highest BCUT2D eigenvalue weighted by molar-refractivity contribution is 4.82. The molecule has 0 amide bonds. The molecule has 3 N–H and O–H groups in total. The summed E-state index contributed by atoms with van der Waals surface area (Å²) in [6.07, 6.45) is 6.42. The first-order valence-electron chi connectivity index (χ1n) is 5.12. The van der Waals surface area contributed by atoms with E-state index < -0.39 is 0 Å². The van der Waals surface area contributed by atoms with Crippen LogP contribution in [-0.4, -0.2) is 19.1 Å². The fourth-order valence-electron chi connectivity index (χ4n) is 1.24. The Bertz CT molecular complexity index is 140. The highest BCUT2D eigenvalue weighted by atomic mass is 14.9. The predicted molar refractivity (Wildman–Crippen MR) is 58.7 cm³/mol. The van der Waals surface area contributed by atoms with Gasteiger partial charge in [-0.25, -0.2) is 0 Å². The van der Waals surface area contributed by atoms with E-state index in [0.717, 1.165) is 32.4 Å². The summed E-state index contributed by atoms with van der Waals surface area (Å²) >= 11 is 0. The maximum absolute atomic E-state index is 5.47. The number of nitrogens with one attached hydrogen (secondary N) is 1. The van der Waals surface area contributed by atoms with E-state index in [1.54, 1.807) is 0 Å². The van der Waals surface area contributed by atoms with Gasteiger partial charge in [0.15, 0.2) is 0 Å². The van der Waals surface area contributed by atoms with Crippen LogP contribution in [0, 0.1) is 0 Å². The minimum Gasteiger partial charge on any atom is -0.330 e. The Morgan fingerprint density at radius 2 is 2.38 bits per heavy atom. The molecule has 0 fully saturated rings. The molecule has 0 bridgehead atoms. The monoisotopic (exact) mass is 182 g/mol. The standard InChI is InChI=1S/C11H22N2/c1-3-5-7-11(8-6-9-12)13-10-4-2/h5,11,13H,1,4,6-10,12H2,2H3. The Morgan fingerprint density at radius 3 is 2.92 bits per heavy atom. The molecule has 0 aromatic carbocycles. The van der Waals surface area contributed by atoms with Gasteiger partial charge < -0.3 is 11.1 Å². The van der Waals surface area contributed by atoms with Gasteiger partial charge in [0.05, 0.1) is 0 Å². The van der Waals surface area contributed by atoms with E-state index in [4.69, 9.17) is 5.73 Å². The molecular weight excluding hydrogens is 160 g/mol. The van der Waals surface area contributed by atoms with E-state index in [9.17, 15) is 0 Å². The van der Waals surface area contributed by atoms with Gasteiger partial charge in [-0.1, -0.05) is 13.5 Å². The summed E-state index contributed by atoms with van der Waals surface area (Å²) in [5.41, 5.74) is 8.27. The third-order valence-corrected chi connectivity index (χ3v) is 1.99. The minimum absolute atomic E-state index is 0.553. The van der Waals surface area contributed by atoms with Crippen LogP contribution in [0.3, 0.4) is 0 Å². The summed E-state index contributed by atoms with van der Waals surface area (Å²) < 4.78 is 0. The highest BCUT2D eigenvalue weighted by Gasteiger charge is 2.03. The summed E-state index contributed by atoms with van der Waals surface area (Å²) in [5.74, 6) is 0. The van der Waals surface area contributed by atoms with Crippen molar-refractivity contribution in [3.63, 3.8) is 0 Å². The molecule has 0 radical (unpaired) electrons. The van der Waals surface area contributed by atoms with Crippen LogP contribution in [0.15, 0.2) is 18.4 Å². The average molecular weight is 182 g/mol. The molecule has 76 valence electrons. The molecule has 2 nitrogen and oxygen atoms in total. The average Bonchev–Trinajstić information content (AvgIpc) is 2.17. The Morgan fingerprint density at radius 1 is 1.62 bits per heavy atom. The molecule has 0 heterocycles. The first-order chi connectivity index (χ1) is 6.35. The molecule has 0 aromatic rings. The van der Waals surface area contributed by atoms with Crippen molar-refractivity contribution in [3.8, 4) is 0 Å². The van der Waals surface area contributed by atoms with Crippen molar-refractivity contribution >= 4 is 0 Å². The first-order valence-corrected chi connectivity index (χ1v) is 5.12. The minimum atomic E-state index is 0.553. The predicted octanol–water partition coefficient (Wildman–Crippen LogP) is 1.82. The SMILES string of the molecule is C=C=CCC(CCCN)NCCC. The van der Waals surface area contributed by atoms with E-state index in [2.05, 4.69) is 24.6 Å². The van der Waals surface area contributed by atoms with Gasteiger partial charge in [-0.15, -0.1) is 5.73 Å². The lowest BCUT2D eigenvalue weighted by molar-refractivity contribution is 0.473. The van der Waals surface area contributed by atoms with E-state index >= 15 is 0 Å². The summed E-state index contributed by atoms with van der Waals surface area (Å²) in [5, 5.41) is 3.48. The Balaban J connectivity index is 3.65. The molecule has 13 heavy (non-hydrogen) atoms. The van der Waals surface area contributed by atoms with Gasteiger partial charge in [0, 0.05) is 6.04 Å². The number of hydrogen-bond acceptors (Lipinski definition) is 2. The highest BCUT2D eigenvalue weighted by Crippen LogP contribution is 2.01. The first kappa shape index (κ1) is 12.4. The number of hydrogen-bond donors (Lipinski definition) is 2. The molecule has 0 aliphatic rings. The molecule has 1 atom stereocenters. The van der Waals surface area contributed by atoms with E-state index in [-0.39, 0.29) is 0 Å². The molecule has 0 rings (SSSR count). The molecule has 0 spiro atoms. The van der Waals surface area contributed by atoms with Gasteiger partial charge in [0.2, 0.25) is 0 Å². The molecule has 2 heteroatoms. The van der Waals surface area contributed by atoms with Crippen LogP contribution in [0.2, 0.25) is 0 Å². The third kappa shape index (κ3) is 7.79. The summed E-state index contributed by atoms with van der Waals surface area (Å²) in [6.45, 7) is 7.60. The largest absolute Gasteiger partial charge is 0.330 e. The Hall–Kier alpha value is -0.560. The molecule has 0 saturated heterocycles. The lowest BCUT2D eigenvalue weighted by atomic mass is 10.1. The van der Waals surface area contributed by atoms with Crippen molar-refractivity contribution in [2.75, 3.05) is 13.1 Å². The fraction of sp³-hybridized carbons (Fsp3) is 0.727. The van der Waals surface area contributed by atoms with Crippen LogP contribution in [0.5, 0.6) is 0 Å². The molecule has 0 saturated carbocycles. The second-order valence-electron chi connectivity index (χ2n) is 3.23. The van der Waals surface area contributed by atoms with Crippen molar-refractivity contribution in [1.82, 2.24) is 5.32 Å². The summed E-state index contributed by atoms with van der Waals surface area (Å²) in [7, 11) is 0. The fourth-order valence-corrected chi connectivity index (χ4v) is 1.24. The molecule has 0 aliphatic heterocycles. The Kier molecular flexibility index (Phi) is 9.12. The summed E-state index contributed by atoms with van der Waals surface area (Å²) in [6, 6.07) is 0.553. The smallest absolute Gasteiger partial charge is 0.0108 e. The van der Waals surface area contributed by atoms with Crippen molar-refractivity contribution in [2.45, 2.75) is 38.6 Å². The van der Waals surface area contributed by atoms with Crippen LogP contribution >= 0.6 is 0 Å². The maximum atomic E-state index is 5.47. The van der Waals surface area contributed by atoms with Gasteiger partial charge in [-0.2, -0.15) is 0 Å². The van der Waals surface area contributed by atoms with Crippen LogP contribution in [0.1, 0.15) is 32.6 Å². The lowest BCUT2D eigenvalue weighted by Crippen LogP contribution is -2.29. The van der Waals surface area contributed by atoms with Crippen molar-refractivity contribution in [3.05, 3.63) is 18.4 Å². The topological polar surface area (TPSA) is 38.0 Å². The van der Waals surface area contributed by atoms with Crippen LogP contribution in [0.4, 0.5) is 0 Å². The van der Waals surface area contributed by atoms with Crippen LogP contribution in [0.25, 0.3) is 0 Å². The zero-order valence-corrected chi connectivity index (χ0v) is 8.68. The van der Waals surface area contributed by atoms with Crippen molar-refractivity contribution in [2.24, 2.45) is 5.73 Å². The normalized spacial score (nSPS) is 12.2. The Labute approximate surface area is 81.9 Å².